The number of aromatic nitrogens is 3. The van der Waals surface area contributed by atoms with Gasteiger partial charge in [-0.1, -0.05) is 18.2 Å². The zero-order valence-electron chi connectivity index (χ0n) is 8.81. The third-order valence-electron chi connectivity index (χ3n) is 2.63. The van der Waals surface area contributed by atoms with Crippen LogP contribution in [0.1, 0.15) is 11.4 Å². The predicted molar refractivity (Wildman–Crippen MR) is 64.8 cm³/mol. The highest BCUT2D eigenvalue weighted by molar-refractivity contribution is 6.17. The molecule has 0 aliphatic rings. The van der Waals surface area contributed by atoms with Gasteiger partial charge in [0.05, 0.1) is 22.8 Å². The number of rotatable bonds is 1. The Kier molecular flexibility index (Phi) is 2.07. The van der Waals surface area contributed by atoms with Crippen molar-refractivity contribution in [2.24, 2.45) is 0 Å². The number of alkyl halides is 1. The van der Waals surface area contributed by atoms with Crippen molar-refractivity contribution >= 4 is 28.2 Å². The third-order valence-corrected chi connectivity index (χ3v) is 2.89. The van der Waals surface area contributed by atoms with Crippen molar-refractivity contribution in [1.29, 1.82) is 0 Å². The predicted octanol–water partition coefficient (Wildman–Crippen LogP) is 2.93. The van der Waals surface area contributed by atoms with E-state index in [0.29, 0.717) is 5.88 Å². The fourth-order valence-corrected chi connectivity index (χ4v) is 2.15. The number of halogens is 1. The molecule has 3 rings (SSSR count). The highest BCUT2D eigenvalue weighted by atomic mass is 35.5. The molecular weight excluding hydrogens is 222 g/mol. The minimum atomic E-state index is 0.418. The number of para-hydroxylation sites is 1. The van der Waals surface area contributed by atoms with Crippen molar-refractivity contribution in [2.45, 2.75) is 12.8 Å². The van der Waals surface area contributed by atoms with Crippen LogP contribution in [0.15, 0.2) is 30.3 Å². The summed E-state index contributed by atoms with van der Waals surface area (Å²) in [5, 5.41) is 5.49. The minimum Gasteiger partial charge on any atom is -0.232 e. The van der Waals surface area contributed by atoms with Crippen molar-refractivity contribution in [3.8, 4) is 0 Å². The molecule has 0 saturated heterocycles. The van der Waals surface area contributed by atoms with Crippen LogP contribution in [-0.4, -0.2) is 14.6 Å². The molecule has 0 aliphatic heterocycles. The van der Waals surface area contributed by atoms with Gasteiger partial charge in [-0.3, -0.25) is 0 Å². The second-order valence-corrected chi connectivity index (χ2v) is 4.03. The summed E-state index contributed by atoms with van der Waals surface area (Å²) in [5.41, 5.74) is 3.78. The lowest BCUT2D eigenvalue weighted by Gasteiger charge is -2.04. The van der Waals surface area contributed by atoms with Gasteiger partial charge in [-0.25, -0.2) is 9.50 Å². The number of benzene rings is 1. The summed E-state index contributed by atoms with van der Waals surface area (Å²) in [6.45, 7) is 1.96. The summed E-state index contributed by atoms with van der Waals surface area (Å²) in [5.74, 6) is 0.418. The van der Waals surface area contributed by atoms with Crippen LogP contribution in [0.3, 0.4) is 0 Å². The first kappa shape index (κ1) is 9.60. The van der Waals surface area contributed by atoms with Crippen LogP contribution in [0.2, 0.25) is 0 Å². The van der Waals surface area contributed by atoms with Crippen molar-refractivity contribution in [1.82, 2.24) is 14.6 Å². The molecule has 0 amide bonds. The van der Waals surface area contributed by atoms with Gasteiger partial charge in [-0.05, 0) is 13.0 Å². The topological polar surface area (TPSA) is 30.2 Å². The highest BCUT2D eigenvalue weighted by Crippen LogP contribution is 2.20. The van der Waals surface area contributed by atoms with E-state index in [4.69, 9.17) is 11.6 Å². The summed E-state index contributed by atoms with van der Waals surface area (Å²) in [4.78, 5) is 4.51. The average Bonchev–Trinajstić information content (AvgIpc) is 2.68. The Labute approximate surface area is 97.7 Å². The SMILES string of the molecule is Cc1cc2nc(CCl)c3ccccc3n2n1. The molecule has 0 fully saturated rings. The zero-order valence-corrected chi connectivity index (χ0v) is 9.57. The van der Waals surface area contributed by atoms with Gasteiger partial charge in [-0.2, -0.15) is 5.10 Å². The van der Waals surface area contributed by atoms with Crippen LogP contribution < -0.4 is 0 Å². The summed E-state index contributed by atoms with van der Waals surface area (Å²) in [6, 6.07) is 10.0. The first-order chi connectivity index (χ1) is 7.79. The minimum absolute atomic E-state index is 0.418. The molecule has 3 aromatic rings. The molecule has 0 saturated carbocycles. The quantitative estimate of drug-likeness (QED) is 0.603. The molecule has 4 heteroatoms. The molecule has 0 spiro atoms. The van der Waals surface area contributed by atoms with Crippen LogP contribution in [0.25, 0.3) is 16.6 Å². The number of nitrogens with zero attached hydrogens (tertiary/aromatic N) is 3. The van der Waals surface area contributed by atoms with E-state index >= 15 is 0 Å². The Bertz CT molecular complexity index is 672. The van der Waals surface area contributed by atoms with Crippen LogP contribution >= 0.6 is 11.6 Å². The van der Waals surface area contributed by atoms with Gasteiger partial charge in [0.15, 0.2) is 5.65 Å². The molecule has 2 heterocycles. The van der Waals surface area contributed by atoms with Crippen LogP contribution in [-0.2, 0) is 5.88 Å². The number of fused-ring (bicyclic) bond motifs is 3. The van der Waals surface area contributed by atoms with Gasteiger partial charge < -0.3 is 0 Å². The smallest absolute Gasteiger partial charge is 0.156 e. The molecule has 80 valence electrons. The van der Waals surface area contributed by atoms with Gasteiger partial charge >= 0.3 is 0 Å². The largest absolute Gasteiger partial charge is 0.232 e. The van der Waals surface area contributed by atoms with E-state index < -0.39 is 0 Å². The van der Waals surface area contributed by atoms with Crippen molar-refractivity contribution in [3.05, 3.63) is 41.7 Å². The molecule has 16 heavy (non-hydrogen) atoms. The molecule has 2 aromatic heterocycles. The lowest BCUT2D eigenvalue weighted by atomic mass is 10.2. The second-order valence-electron chi connectivity index (χ2n) is 3.76. The Morgan fingerprint density at radius 3 is 2.94 bits per heavy atom. The summed E-state index contributed by atoms with van der Waals surface area (Å²) in [6.07, 6.45) is 0. The van der Waals surface area contributed by atoms with E-state index in [1.54, 1.807) is 0 Å². The molecule has 1 aromatic carbocycles. The summed E-state index contributed by atoms with van der Waals surface area (Å²) in [7, 11) is 0. The van der Waals surface area contributed by atoms with Gasteiger partial charge in [0.25, 0.3) is 0 Å². The summed E-state index contributed by atoms with van der Waals surface area (Å²) >= 11 is 5.92. The van der Waals surface area contributed by atoms with E-state index in [1.807, 2.05) is 41.8 Å². The van der Waals surface area contributed by atoms with Gasteiger partial charge in [-0.15, -0.1) is 11.6 Å². The van der Waals surface area contributed by atoms with Crippen molar-refractivity contribution < 1.29 is 0 Å². The normalized spacial score (nSPS) is 11.4. The maximum absolute atomic E-state index is 5.92. The van der Waals surface area contributed by atoms with Gasteiger partial charge in [0.1, 0.15) is 0 Å². The number of aryl methyl sites for hydroxylation is 1. The molecule has 0 N–H and O–H groups in total. The van der Waals surface area contributed by atoms with E-state index in [2.05, 4.69) is 10.1 Å². The van der Waals surface area contributed by atoms with Gasteiger partial charge in [0.2, 0.25) is 0 Å². The maximum Gasteiger partial charge on any atom is 0.156 e. The number of hydrogen-bond acceptors (Lipinski definition) is 2. The molecule has 0 bridgehead atoms. The molecule has 0 radical (unpaired) electrons. The average molecular weight is 232 g/mol. The van der Waals surface area contributed by atoms with E-state index in [9.17, 15) is 0 Å². The molecule has 3 nitrogen and oxygen atoms in total. The standard InChI is InChI=1S/C12H10ClN3/c1-8-6-12-14-10(7-13)9-4-2-3-5-11(9)16(12)15-8/h2-6H,7H2,1H3. The van der Waals surface area contributed by atoms with Crippen molar-refractivity contribution in [3.63, 3.8) is 0 Å². The fraction of sp³-hybridized carbons (Fsp3) is 0.167. The Morgan fingerprint density at radius 2 is 2.12 bits per heavy atom. The monoisotopic (exact) mass is 231 g/mol. The van der Waals surface area contributed by atoms with E-state index in [-0.39, 0.29) is 0 Å². The van der Waals surface area contributed by atoms with Gasteiger partial charge in [0, 0.05) is 11.5 Å². The Morgan fingerprint density at radius 1 is 1.31 bits per heavy atom. The number of hydrogen-bond donors (Lipinski definition) is 0. The van der Waals surface area contributed by atoms with Crippen molar-refractivity contribution in [2.75, 3.05) is 0 Å². The summed E-state index contributed by atoms with van der Waals surface area (Å²) < 4.78 is 1.86. The zero-order chi connectivity index (χ0) is 11.1. The molecule has 0 aliphatic carbocycles. The molecule has 0 unspecified atom stereocenters. The second kappa shape index (κ2) is 3.46. The molecular formula is C12H10ClN3. The Hall–Kier alpha value is -1.61. The third kappa shape index (κ3) is 1.28. The lowest BCUT2D eigenvalue weighted by molar-refractivity contribution is 0.949. The van der Waals surface area contributed by atoms with E-state index in [1.165, 1.54) is 0 Å². The van der Waals surface area contributed by atoms with Crippen LogP contribution in [0, 0.1) is 6.92 Å². The van der Waals surface area contributed by atoms with Crippen LogP contribution in [0.5, 0.6) is 0 Å². The first-order valence-electron chi connectivity index (χ1n) is 5.09. The fourth-order valence-electron chi connectivity index (χ4n) is 1.95. The lowest BCUT2D eigenvalue weighted by Crippen LogP contribution is -1.97. The molecule has 0 atom stereocenters. The highest BCUT2D eigenvalue weighted by Gasteiger charge is 2.08. The maximum atomic E-state index is 5.92. The Balaban J connectivity index is 2.56. The van der Waals surface area contributed by atoms with E-state index in [0.717, 1.165) is 27.9 Å². The first-order valence-corrected chi connectivity index (χ1v) is 5.63. The van der Waals surface area contributed by atoms with Crippen LogP contribution in [0.4, 0.5) is 0 Å².